The lowest BCUT2D eigenvalue weighted by Crippen LogP contribution is -2.12. The van der Waals surface area contributed by atoms with Gasteiger partial charge in [0.2, 0.25) is 0 Å². The number of benzene rings is 1. The van der Waals surface area contributed by atoms with Crippen LogP contribution in [-0.2, 0) is 4.79 Å². The fraction of sp³-hybridized carbons (Fsp3) is 0.300. The van der Waals surface area contributed by atoms with E-state index in [0.717, 1.165) is 16.3 Å². The maximum Gasteiger partial charge on any atom is 0.120 e. The zero-order valence-electron chi connectivity index (χ0n) is 7.24. The Morgan fingerprint density at radius 1 is 1.54 bits per heavy atom. The van der Waals surface area contributed by atoms with Crippen LogP contribution in [-0.4, -0.2) is 12.8 Å². The van der Waals surface area contributed by atoms with Crippen molar-refractivity contribution in [3.05, 3.63) is 34.3 Å². The van der Waals surface area contributed by atoms with Crippen molar-refractivity contribution < 1.29 is 4.79 Å². The lowest BCUT2D eigenvalue weighted by Gasteiger charge is -2.11. The molecule has 0 saturated heterocycles. The lowest BCUT2D eigenvalue weighted by molar-refractivity contribution is -0.108. The van der Waals surface area contributed by atoms with Crippen LogP contribution < -0.4 is 5.73 Å². The molecule has 0 saturated carbocycles. The van der Waals surface area contributed by atoms with Crippen molar-refractivity contribution in [2.75, 3.05) is 6.54 Å². The van der Waals surface area contributed by atoms with Gasteiger partial charge < -0.3 is 10.5 Å². The molecule has 0 aliphatic heterocycles. The van der Waals surface area contributed by atoms with Crippen LogP contribution in [0.15, 0.2) is 28.7 Å². The van der Waals surface area contributed by atoms with Crippen LogP contribution >= 0.6 is 15.9 Å². The summed E-state index contributed by atoms with van der Waals surface area (Å²) in [4.78, 5) is 10.4. The van der Waals surface area contributed by atoms with Crippen molar-refractivity contribution in [2.24, 2.45) is 5.73 Å². The number of nitrogens with two attached hydrogens (primary N) is 1. The zero-order chi connectivity index (χ0) is 9.68. The summed E-state index contributed by atoms with van der Waals surface area (Å²) in [6.45, 7) is 0.509. The summed E-state index contributed by atoms with van der Waals surface area (Å²) in [5.41, 5.74) is 6.68. The van der Waals surface area contributed by atoms with Gasteiger partial charge >= 0.3 is 0 Å². The maximum atomic E-state index is 10.4. The third kappa shape index (κ3) is 2.94. The molecule has 0 unspecified atom stereocenters. The topological polar surface area (TPSA) is 43.1 Å². The van der Waals surface area contributed by atoms with E-state index < -0.39 is 0 Å². The van der Waals surface area contributed by atoms with E-state index in [9.17, 15) is 4.79 Å². The van der Waals surface area contributed by atoms with Crippen LogP contribution in [0.5, 0.6) is 0 Å². The molecule has 1 atom stereocenters. The molecule has 1 aromatic rings. The predicted molar refractivity (Wildman–Crippen MR) is 56.6 cm³/mol. The molecule has 0 aromatic heterocycles. The van der Waals surface area contributed by atoms with Gasteiger partial charge in [-0.25, -0.2) is 0 Å². The van der Waals surface area contributed by atoms with Crippen LogP contribution in [0.25, 0.3) is 0 Å². The van der Waals surface area contributed by atoms with Crippen molar-refractivity contribution in [1.29, 1.82) is 0 Å². The maximum absolute atomic E-state index is 10.4. The molecule has 0 fully saturated rings. The Labute approximate surface area is 86.3 Å². The summed E-state index contributed by atoms with van der Waals surface area (Å²) >= 11 is 3.38. The molecule has 3 heteroatoms. The molecule has 0 amide bonds. The third-order valence-corrected chi connectivity index (χ3v) is 2.48. The molecule has 0 heterocycles. The van der Waals surface area contributed by atoms with Gasteiger partial charge in [-0.05, 0) is 24.2 Å². The van der Waals surface area contributed by atoms with Crippen LogP contribution in [0, 0.1) is 0 Å². The molecule has 2 N–H and O–H groups in total. The van der Waals surface area contributed by atoms with Gasteiger partial charge in [0, 0.05) is 16.8 Å². The number of halogens is 1. The number of hydrogen-bond acceptors (Lipinski definition) is 2. The van der Waals surface area contributed by atoms with E-state index >= 15 is 0 Å². The largest absolute Gasteiger partial charge is 0.330 e. The smallest absolute Gasteiger partial charge is 0.120 e. The minimum absolute atomic E-state index is 0.148. The number of rotatable bonds is 4. The summed E-state index contributed by atoms with van der Waals surface area (Å²) in [6, 6.07) is 7.90. The Kier molecular flexibility index (Phi) is 4.12. The minimum atomic E-state index is 0.148. The molecule has 1 rings (SSSR count). The normalized spacial score (nSPS) is 12.5. The molecule has 0 spiro atoms. The van der Waals surface area contributed by atoms with Crippen LogP contribution in [0.1, 0.15) is 17.9 Å². The number of aldehydes is 1. The van der Waals surface area contributed by atoms with Gasteiger partial charge in [-0.3, -0.25) is 0 Å². The highest BCUT2D eigenvalue weighted by molar-refractivity contribution is 9.10. The highest BCUT2D eigenvalue weighted by Crippen LogP contribution is 2.20. The summed E-state index contributed by atoms with van der Waals surface area (Å²) in [5.74, 6) is 0.148. The monoisotopic (exact) mass is 241 g/mol. The second-order valence-electron chi connectivity index (χ2n) is 2.89. The highest BCUT2D eigenvalue weighted by Gasteiger charge is 2.08. The van der Waals surface area contributed by atoms with Crippen molar-refractivity contribution in [1.82, 2.24) is 0 Å². The Balaban J connectivity index is 2.84. The van der Waals surface area contributed by atoms with Crippen LogP contribution in [0.2, 0.25) is 0 Å². The van der Waals surface area contributed by atoms with E-state index in [4.69, 9.17) is 5.73 Å². The molecule has 0 aliphatic rings. The predicted octanol–water partition coefficient (Wildman–Crippen LogP) is 2.08. The highest BCUT2D eigenvalue weighted by atomic mass is 79.9. The molecule has 1 aromatic carbocycles. The standard InChI is InChI=1S/C10H12BrNO/c11-10-3-1-2-8(6-10)9(7-12)4-5-13/h1-3,5-6,9H,4,7,12H2/t9-/m1/s1. The van der Waals surface area contributed by atoms with Crippen LogP contribution in [0.4, 0.5) is 0 Å². The molecule has 0 radical (unpaired) electrons. The van der Waals surface area contributed by atoms with Crippen molar-refractivity contribution in [3.63, 3.8) is 0 Å². The average molecular weight is 242 g/mol. The van der Waals surface area contributed by atoms with E-state index in [0.29, 0.717) is 13.0 Å². The fourth-order valence-corrected chi connectivity index (χ4v) is 1.66. The van der Waals surface area contributed by atoms with Crippen LogP contribution in [0.3, 0.4) is 0 Å². The molecule has 2 nitrogen and oxygen atoms in total. The lowest BCUT2D eigenvalue weighted by atomic mass is 9.97. The molecule has 0 aliphatic carbocycles. The van der Waals surface area contributed by atoms with E-state index in [1.807, 2.05) is 24.3 Å². The SMILES string of the molecule is NC[C@@H](CC=O)c1cccc(Br)c1. The summed E-state index contributed by atoms with van der Waals surface area (Å²) in [6.07, 6.45) is 1.41. The Morgan fingerprint density at radius 2 is 2.31 bits per heavy atom. The summed E-state index contributed by atoms with van der Waals surface area (Å²) in [5, 5.41) is 0. The number of carbonyl (C=O) groups is 1. The Bertz CT molecular complexity index is 288. The van der Waals surface area contributed by atoms with Gasteiger partial charge in [-0.15, -0.1) is 0 Å². The summed E-state index contributed by atoms with van der Waals surface area (Å²) in [7, 11) is 0. The van der Waals surface area contributed by atoms with E-state index in [-0.39, 0.29) is 5.92 Å². The zero-order valence-corrected chi connectivity index (χ0v) is 8.83. The first-order chi connectivity index (χ1) is 6.27. The van der Waals surface area contributed by atoms with E-state index in [2.05, 4.69) is 15.9 Å². The Morgan fingerprint density at radius 3 is 2.85 bits per heavy atom. The fourth-order valence-electron chi connectivity index (χ4n) is 1.25. The quantitative estimate of drug-likeness (QED) is 0.821. The van der Waals surface area contributed by atoms with Gasteiger partial charge in [-0.2, -0.15) is 0 Å². The second kappa shape index (κ2) is 5.14. The average Bonchev–Trinajstić information content (AvgIpc) is 2.14. The molecule has 0 bridgehead atoms. The van der Waals surface area contributed by atoms with Crippen molar-refractivity contribution in [3.8, 4) is 0 Å². The Hall–Kier alpha value is -0.670. The number of carbonyl (C=O) groups excluding carboxylic acids is 1. The molecule has 13 heavy (non-hydrogen) atoms. The van der Waals surface area contributed by atoms with Gasteiger partial charge in [-0.1, -0.05) is 28.1 Å². The van der Waals surface area contributed by atoms with E-state index in [1.54, 1.807) is 0 Å². The van der Waals surface area contributed by atoms with Gasteiger partial charge in [0.25, 0.3) is 0 Å². The third-order valence-electron chi connectivity index (χ3n) is 1.99. The minimum Gasteiger partial charge on any atom is -0.330 e. The van der Waals surface area contributed by atoms with Gasteiger partial charge in [0.05, 0.1) is 0 Å². The van der Waals surface area contributed by atoms with Gasteiger partial charge in [0.1, 0.15) is 6.29 Å². The summed E-state index contributed by atoms with van der Waals surface area (Å²) < 4.78 is 1.02. The molecule has 70 valence electrons. The first-order valence-electron chi connectivity index (χ1n) is 4.17. The molecular weight excluding hydrogens is 230 g/mol. The van der Waals surface area contributed by atoms with Crippen molar-refractivity contribution >= 4 is 22.2 Å². The first kappa shape index (κ1) is 10.4. The van der Waals surface area contributed by atoms with Crippen molar-refractivity contribution in [2.45, 2.75) is 12.3 Å². The number of hydrogen-bond donors (Lipinski definition) is 1. The van der Waals surface area contributed by atoms with E-state index in [1.165, 1.54) is 0 Å². The second-order valence-corrected chi connectivity index (χ2v) is 3.81. The molecular formula is C10H12BrNO. The van der Waals surface area contributed by atoms with Gasteiger partial charge in [0.15, 0.2) is 0 Å². The first-order valence-corrected chi connectivity index (χ1v) is 4.96.